The highest BCUT2D eigenvalue weighted by Crippen LogP contribution is 2.70. The fraction of sp³-hybridized carbons (Fsp3) is 0.517. The Hall–Kier alpha value is -12.2. The predicted octanol–water partition coefficient (Wildman–Crippen LogP) is 18.9. The topological polar surface area (TPSA) is 365 Å². The molecule has 24 bridgehead atoms. The Balaban J connectivity index is 0.682. The van der Waals surface area contributed by atoms with Crippen LogP contribution in [-0.4, -0.2) is 196 Å². The zero-order valence-corrected chi connectivity index (χ0v) is 83.9. The van der Waals surface area contributed by atoms with Crippen LogP contribution in [0.4, 0.5) is 0 Å². The van der Waals surface area contributed by atoms with Gasteiger partial charge in [0.2, 0.25) is 0 Å². The Morgan fingerprint density at radius 1 is 0.243 bits per heavy atom. The lowest BCUT2D eigenvalue weighted by Crippen LogP contribution is -2.64. The third kappa shape index (κ3) is 17.8. The van der Waals surface area contributed by atoms with E-state index in [0.29, 0.717) is 123 Å². The summed E-state index contributed by atoms with van der Waals surface area (Å²) in [6.07, 6.45) is 18.5. The first-order valence-corrected chi connectivity index (χ1v) is 50.4. The summed E-state index contributed by atoms with van der Waals surface area (Å²) in [7, 11) is 12.5. The maximum Gasteiger partial charge on any atom is 0.344 e. The summed E-state index contributed by atoms with van der Waals surface area (Å²) in [4.78, 5) is 114. The molecule has 16 fully saturated rings. The van der Waals surface area contributed by atoms with Gasteiger partial charge >= 0.3 is 47.8 Å². The van der Waals surface area contributed by atoms with E-state index < -0.39 is 143 Å². The number of esters is 8. The van der Waals surface area contributed by atoms with Crippen LogP contribution in [0.1, 0.15) is 314 Å². The molecule has 0 saturated heterocycles. The smallest absolute Gasteiger partial charge is 0.344 e. The molecule has 28 nitrogen and oxygen atoms in total. The van der Waals surface area contributed by atoms with Crippen molar-refractivity contribution in [3.63, 3.8) is 0 Å². The number of phenols is 4. The minimum absolute atomic E-state index is 0.0348. The molecule has 0 aliphatic heterocycles. The highest BCUT2D eigenvalue weighted by atomic mass is 16.6. The summed E-state index contributed by atoms with van der Waals surface area (Å²) in [5, 5.41) is 53.3. The largest absolute Gasteiger partial charge is 0.507 e. The van der Waals surface area contributed by atoms with E-state index >= 15 is 0 Å². The van der Waals surface area contributed by atoms with Crippen LogP contribution in [0.3, 0.4) is 0 Å². The molecule has 0 spiro atoms. The maximum absolute atomic E-state index is 14.5. The normalized spacial score (nSPS) is 33.1. The number of aromatic hydroxyl groups is 4. The minimum atomic E-state index is -1.22. The van der Waals surface area contributed by atoms with Gasteiger partial charge < -0.3 is 96.2 Å². The van der Waals surface area contributed by atoms with Crippen LogP contribution in [0.15, 0.2) is 146 Å². The molecule has 20 unspecified atom stereocenters. The van der Waals surface area contributed by atoms with E-state index in [1.807, 2.05) is 0 Å². The summed E-state index contributed by atoms with van der Waals surface area (Å²) < 4.78 is 99.0. The predicted molar refractivity (Wildman–Crippen MR) is 521 cm³/mol. The molecule has 8 aromatic rings. The molecule has 17 aliphatic carbocycles. The summed E-state index contributed by atoms with van der Waals surface area (Å²) in [5.74, 6) is -11.0. The van der Waals surface area contributed by atoms with Gasteiger partial charge in [-0.1, -0.05) is 76.2 Å². The highest BCUT2D eigenvalue weighted by Gasteiger charge is 2.69. The first-order chi connectivity index (χ1) is 68.6. The van der Waals surface area contributed by atoms with Gasteiger partial charge in [0.1, 0.15) is 68.4 Å². The van der Waals surface area contributed by atoms with Crippen molar-refractivity contribution in [1.29, 1.82) is 0 Å². The number of carbonyl (C=O) groups is 8. The van der Waals surface area contributed by atoms with Crippen LogP contribution >= 0.6 is 0 Å². The number of ether oxygens (including phenoxy) is 16. The number of rotatable bonds is 28. The van der Waals surface area contributed by atoms with Gasteiger partial charge in [0.25, 0.3) is 0 Å². The standard InChI is InChI=1S/C116H128O28/c1-105-37-65-41-109(53-105,133-9)61-113(45-65,57-105)141-93(121)49-137-101(125)73-21-13-69(14-22-73)97-77-29-82(90(130-6)33-85(77)117)99(71-17-25-75(26-18-71)103(127)139-51-95(123)143-115-47-67-39-107(3,59-115)55-111(43-67,63-115)135-11)79-31-84(92(132-8)35-87(79)119)100(72-19-27-76(28-20-72)104(128)140-52-96(124)144-116-48-68-40-108(4,60-116)56-112(44-68,64-116)136-12)80-32-83(91(131-7)36-88(80)120)98(78-30-81(97)89(129-5)34-86(78)118)70-15-23-74(24-16-70)102(126)138-50-94(122)142-114-46-66-38-106(2,58-114)54-110(42-66,62-114)134-10/h13-36,65-68,97-100,117-120H,37-64H2,1-12H3. The van der Waals surface area contributed by atoms with Crippen LogP contribution in [-0.2, 0) is 76.0 Å². The van der Waals surface area contributed by atoms with Crippen molar-refractivity contribution >= 4 is 47.8 Å². The van der Waals surface area contributed by atoms with E-state index in [9.17, 15) is 58.8 Å². The Labute approximate surface area is 837 Å². The maximum atomic E-state index is 14.5. The molecule has 144 heavy (non-hydrogen) atoms. The average molecular weight is 1970 g/mol. The van der Waals surface area contributed by atoms with Crippen molar-refractivity contribution in [1.82, 2.24) is 0 Å². The van der Waals surface area contributed by atoms with Crippen LogP contribution in [0.2, 0.25) is 0 Å². The second kappa shape index (κ2) is 35.9. The first-order valence-electron chi connectivity index (χ1n) is 50.4. The Morgan fingerprint density at radius 3 is 0.597 bits per heavy atom. The first kappa shape index (κ1) is 97.8. The van der Waals surface area contributed by atoms with E-state index in [1.165, 1.54) is 101 Å². The molecular formula is C116H128O28. The Bertz CT molecular complexity index is 5720. The number of fused-ring (bicyclic) bond motifs is 8. The molecule has 20 atom stereocenters. The molecule has 0 radical (unpaired) electrons. The average Bonchev–Trinajstić information content (AvgIpc) is 0.708. The Morgan fingerprint density at radius 2 is 0.424 bits per heavy atom. The highest BCUT2D eigenvalue weighted by molar-refractivity contribution is 5.93. The SMILES string of the molecule is COc1cc(O)c2cc1C(c1ccc(C(=O)OCC(=O)OC34CC5CC(C)(CC(OC)(C5)C3)C4)cc1)c1cc(c(OC)cc1O)C(c1ccc(C(=O)OCC(=O)OC34CC5CC(C)(CC(OC)(C5)C3)C4)cc1)c1cc(c(OC)cc1O)C(c1ccc(C(=O)OCC(=O)OC34CC5CC(C)(CC(OC)(C5)C3)C4)cc1)c1cc(c(OC)cc1O)C2c1ccc(C(=O)OCC(=O)OC23CC4CC(C)(CC(OC)(C4)C2)C3)cc1. The molecule has 760 valence electrons. The van der Waals surface area contributed by atoms with Crippen LogP contribution < -0.4 is 18.9 Å². The number of hydrogen-bond acceptors (Lipinski definition) is 28. The lowest BCUT2D eigenvalue weighted by atomic mass is 9.46. The molecule has 17 aliphatic rings. The molecule has 16 saturated carbocycles. The third-order valence-electron chi connectivity index (χ3n) is 35.2. The fourth-order valence-electron chi connectivity index (χ4n) is 32.5. The molecule has 0 heterocycles. The van der Waals surface area contributed by atoms with Crippen molar-refractivity contribution in [3.05, 3.63) is 235 Å². The fourth-order valence-corrected chi connectivity index (χ4v) is 32.5. The van der Waals surface area contributed by atoms with Crippen molar-refractivity contribution in [2.75, 3.05) is 83.3 Å². The number of benzene rings is 8. The van der Waals surface area contributed by atoms with E-state index in [1.54, 1.807) is 101 Å². The molecule has 0 aromatic heterocycles. The zero-order chi connectivity index (χ0) is 101. The van der Waals surface area contributed by atoms with E-state index in [0.717, 1.165) is 77.0 Å². The van der Waals surface area contributed by atoms with Gasteiger partial charge in [-0.15, -0.1) is 0 Å². The van der Waals surface area contributed by atoms with Gasteiger partial charge in [0.05, 0.1) is 73.1 Å². The number of methoxy groups -OCH3 is 8. The minimum Gasteiger partial charge on any atom is -0.507 e. The molecule has 8 aromatic carbocycles. The Kier molecular flexibility index (Phi) is 24.4. The summed E-state index contributed by atoms with van der Waals surface area (Å²) >= 11 is 0. The van der Waals surface area contributed by atoms with Gasteiger partial charge in [0.15, 0.2) is 26.4 Å². The monoisotopic (exact) mass is 1970 g/mol. The zero-order valence-electron chi connectivity index (χ0n) is 83.9. The van der Waals surface area contributed by atoms with Gasteiger partial charge in [-0.2, -0.15) is 0 Å². The molecule has 25 rings (SSSR count). The van der Waals surface area contributed by atoms with Gasteiger partial charge in [-0.05, 0) is 269 Å². The van der Waals surface area contributed by atoms with E-state index in [4.69, 9.17) is 75.8 Å². The van der Waals surface area contributed by atoms with Gasteiger partial charge in [-0.3, -0.25) is 0 Å². The third-order valence-corrected chi connectivity index (χ3v) is 35.2. The number of hydrogen-bond donors (Lipinski definition) is 4. The molecular weight excluding hydrogens is 1840 g/mol. The van der Waals surface area contributed by atoms with Gasteiger partial charge in [-0.25, -0.2) is 38.4 Å². The van der Waals surface area contributed by atoms with Crippen molar-refractivity contribution in [3.8, 4) is 46.0 Å². The van der Waals surface area contributed by atoms with Gasteiger partial charge in [0, 0.05) is 147 Å². The molecule has 28 heteroatoms. The second-order valence-corrected chi connectivity index (χ2v) is 46.6. The van der Waals surface area contributed by atoms with Crippen molar-refractivity contribution in [2.45, 2.75) is 250 Å². The van der Waals surface area contributed by atoms with E-state index in [2.05, 4.69) is 27.7 Å². The molecule has 0 amide bonds. The van der Waals surface area contributed by atoms with Crippen LogP contribution in [0, 0.1) is 45.3 Å². The second-order valence-electron chi connectivity index (χ2n) is 46.6. The van der Waals surface area contributed by atoms with Crippen molar-refractivity contribution in [2.24, 2.45) is 45.3 Å². The summed E-state index contributed by atoms with van der Waals surface area (Å²) in [6.45, 7) is 6.13. The lowest BCUT2D eigenvalue weighted by molar-refractivity contribution is -0.248. The summed E-state index contributed by atoms with van der Waals surface area (Å²) in [6, 6.07) is 37.9. The van der Waals surface area contributed by atoms with Crippen molar-refractivity contribution < 1.29 is 135 Å². The number of phenolic OH excluding ortho intramolecular Hbond substituents is 4. The van der Waals surface area contributed by atoms with E-state index in [-0.39, 0.29) is 134 Å². The van der Waals surface area contributed by atoms with Crippen LogP contribution in [0.5, 0.6) is 46.0 Å². The van der Waals surface area contributed by atoms with Crippen LogP contribution in [0.25, 0.3) is 0 Å². The number of carbonyl (C=O) groups excluding carboxylic acids is 8. The molecule has 4 N–H and O–H groups in total. The summed E-state index contributed by atoms with van der Waals surface area (Å²) in [5.41, 5.74) is -1.78. The lowest BCUT2D eigenvalue weighted by Gasteiger charge is -2.64. The quantitative estimate of drug-likeness (QED) is 0.0261.